The molecule has 0 fully saturated rings. The average molecular weight is 288 g/mol. The molecule has 0 aliphatic carbocycles. The van der Waals surface area contributed by atoms with Crippen LogP contribution in [0.2, 0.25) is 5.02 Å². The van der Waals surface area contributed by atoms with Crippen molar-refractivity contribution in [3.8, 4) is 0 Å². The highest BCUT2D eigenvalue weighted by Crippen LogP contribution is 2.33. The molecule has 19 heavy (non-hydrogen) atoms. The molecule has 100 valence electrons. The quantitative estimate of drug-likeness (QED) is 0.934. The van der Waals surface area contributed by atoms with Crippen LogP contribution in [0.3, 0.4) is 0 Å². The normalized spacial score (nSPS) is 11.4. The predicted octanol–water partition coefficient (Wildman–Crippen LogP) is 3.76. The molecule has 0 bridgehead atoms. The second kappa shape index (κ2) is 5.44. The van der Waals surface area contributed by atoms with E-state index in [1.54, 1.807) is 18.5 Å². The summed E-state index contributed by atoms with van der Waals surface area (Å²) in [6.45, 7) is 0.196. The lowest BCUT2D eigenvalue weighted by Gasteiger charge is -2.11. The minimum absolute atomic E-state index is 0.196. The van der Waals surface area contributed by atoms with Gasteiger partial charge in [-0.1, -0.05) is 11.6 Å². The minimum atomic E-state index is -4.40. The molecule has 0 amide bonds. The van der Waals surface area contributed by atoms with Gasteiger partial charge >= 0.3 is 6.18 Å². The number of alkyl halides is 3. The Balaban J connectivity index is 2.16. The summed E-state index contributed by atoms with van der Waals surface area (Å²) >= 11 is 5.84. The van der Waals surface area contributed by atoms with Crippen LogP contribution in [0.1, 0.15) is 11.4 Å². The fourth-order valence-electron chi connectivity index (χ4n) is 1.43. The van der Waals surface area contributed by atoms with Gasteiger partial charge in [0.05, 0.1) is 22.8 Å². The molecule has 0 radical (unpaired) electrons. The van der Waals surface area contributed by atoms with Crippen LogP contribution in [0.4, 0.5) is 18.9 Å². The third-order valence-electron chi connectivity index (χ3n) is 2.35. The summed E-state index contributed by atoms with van der Waals surface area (Å²) in [4.78, 5) is 7.91. The second-order valence-electron chi connectivity index (χ2n) is 3.71. The van der Waals surface area contributed by atoms with Crippen LogP contribution in [0, 0.1) is 0 Å². The molecule has 7 heteroatoms. The van der Waals surface area contributed by atoms with E-state index in [1.807, 2.05) is 0 Å². The first kappa shape index (κ1) is 13.6. The maximum absolute atomic E-state index is 12.6. The first-order valence-corrected chi connectivity index (χ1v) is 5.71. The molecule has 0 atom stereocenters. The van der Waals surface area contributed by atoms with Crippen molar-refractivity contribution < 1.29 is 13.2 Å². The van der Waals surface area contributed by atoms with E-state index in [9.17, 15) is 13.2 Å². The molecule has 0 spiro atoms. The Morgan fingerprint density at radius 3 is 2.47 bits per heavy atom. The Bertz CT molecular complexity index is 558. The Labute approximate surface area is 112 Å². The Morgan fingerprint density at radius 2 is 1.84 bits per heavy atom. The summed E-state index contributed by atoms with van der Waals surface area (Å²) in [5.41, 5.74) is -0.558. The van der Waals surface area contributed by atoms with Crippen LogP contribution < -0.4 is 5.32 Å². The van der Waals surface area contributed by atoms with E-state index in [1.165, 1.54) is 6.07 Å². The SMILES string of the molecule is FC(F)(F)c1ccc(Cl)c(NCc2ncccn2)c1. The van der Waals surface area contributed by atoms with Crippen LogP contribution in [0.5, 0.6) is 0 Å². The number of hydrogen-bond acceptors (Lipinski definition) is 3. The highest BCUT2D eigenvalue weighted by atomic mass is 35.5. The molecule has 0 saturated carbocycles. The maximum Gasteiger partial charge on any atom is 0.416 e. The van der Waals surface area contributed by atoms with E-state index < -0.39 is 11.7 Å². The molecule has 3 nitrogen and oxygen atoms in total. The van der Waals surface area contributed by atoms with Gasteiger partial charge in [-0.25, -0.2) is 9.97 Å². The smallest absolute Gasteiger partial charge is 0.377 e. The zero-order chi connectivity index (χ0) is 13.9. The van der Waals surface area contributed by atoms with E-state index in [0.29, 0.717) is 5.82 Å². The molecule has 1 N–H and O–H groups in total. The van der Waals surface area contributed by atoms with Crippen molar-refractivity contribution >= 4 is 17.3 Å². The number of hydrogen-bond donors (Lipinski definition) is 1. The van der Waals surface area contributed by atoms with Crippen LogP contribution in [0.15, 0.2) is 36.7 Å². The van der Waals surface area contributed by atoms with E-state index in [4.69, 9.17) is 11.6 Å². The van der Waals surface area contributed by atoms with Crippen molar-refractivity contribution in [3.05, 3.63) is 53.1 Å². The topological polar surface area (TPSA) is 37.8 Å². The summed E-state index contributed by atoms with van der Waals surface area (Å²) in [6, 6.07) is 4.76. The monoisotopic (exact) mass is 287 g/mol. The van der Waals surface area contributed by atoms with Gasteiger partial charge in [-0.05, 0) is 24.3 Å². The van der Waals surface area contributed by atoms with Crippen LogP contribution in [-0.2, 0) is 12.7 Å². The number of anilines is 1. The summed E-state index contributed by atoms with van der Waals surface area (Å²) in [6.07, 6.45) is -1.29. The van der Waals surface area contributed by atoms with Crippen molar-refractivity contribution in [1.29, 1.82) is 0 Å². The first-order valence-electron chi connectivity index (χ1n) is 5.33. The highest BCUT2D eigenvalue weighted by Gasteiger charge is 2.30. The van der Waals surface area contributed by atoms with Crippen LogP contribution in [-0.4, -0.2) is 9.97 Å². The summed E-state index contributed by atoms with van der Waals surface area (Å²) < 4.78 is 37.7. The van der Waals surface area contributed by atoms with Gasteiger partial charge in [-0.3, -0.25) is 0 Å². The molecule has 1 aromatic carbocycles. The molecular formula is C12H9ClF3N3. The van der Waals surface area contributed by atoms with Crippen molar-refractivity contribution in [2.24, 2.45) is 0 Å². The molecule has 0 unspecified atom stereocenters. The molecular weight excluding hydrogens is 279 g/mol. The van der Waals surface area contributed by atoms with Gasteiger partial charge < -0.3 is 5.32 Å². The molecule has 2 aromatic rings. The number of nitrogens with one attached hydrogen (secondary N) is 1. The van der Waals surface area contributed by atoms with Crippen molar-refractivity contribution in [2.45, 2.75) is 12.7 Å². The van der Waals surface area contributed by atoms with Gasteiger partial charge in [0.15, 0.2) is 0 Å². The van der Waals surface area contributed by atoms with Crippen molar-refractivity contribution in [1.82, 2.24) is 9.97 Å². The lowest BCUT2D eigenvalue weighted by molar-refractivity contribution is -0.137. The standard InChI is InChI=1S/C12H9ClF3N3/c13-9-3-2-8(12(14,15)16)6-10(9)19-7-11-17-4-1-5-18-11/h1-6,19H,7H2. The summed E-state index contributed by atoms with van der Waals surface area (Å²) in [5.74, 6) is 0.468. The van der Waals surface area contributed by atoms with Gasteiger partial charge in [0.1, 0.15) is 5.82 Å². The van der Waals surface area contributed by atoms with Crippen molar-refractivity contribution in [2.75, 3.05) is 5.32 Å². The van der Waals surface area contributed by atoms with E-state index in [0.717, 1.165) is 12.1 Å². The first-order chi connectivity index (χ1) is 8.97. The molecule has 0 aliphatic rings. The second-order valence-corrected chi connectivity index (χ2v) is 4.12. The zero-order valence-corrected chi connectivity index (χ0v) is 10.3. The Kier molecular flexibility index (Phi) is 3.90. The Hall–Kier alpha value is -1.82. The predicted molar refractivity (Wildman–Crippen MR) is 65.8 cm³/mol. The van der Waals surface area contributed by atoms with Crippen molar-refractivity contribution in [3.63, 3.8) is 0 Å². The number of halogens is 4. The van der Waals surface area contributed by atoms with Gasteiger partial charge in [0, 0.05) is 12.4 Å². The fraction of sp³-hybridized carbons (Fsp3) is 0.167. The van der Waals surface area contributed by atoms with Crippen LogP contribution in [0.25, 0.3) is 0 Å². The summed E-state index contributed by atoms with van der Waals surface area (Å²) in [7, 11) is 0. The Morgan fingerprint density at radius 1 is 1.16 bits per heavy atom. The fourth-order valence-corrected chi connectivity index (χ4v) is 1.62. The lowest BCUT2D eigenvalue weighted by Crippen LogP contribution is -2.08. The van der Waals surface area contributed by atoms with E-state index in [2.05, 4.69) is 15.3 Å². The maximum atomic E-state index is 12.6. The van der Waals surface area contributed by atoms with E-state index >= 15 is 0 Å². The zero-order valence-electron chi connectivity index (χ0n) is 9.58. The third-order valence-corrected chi connectivity index (χ3v) is 2.68. The van der Waals surface area contributed by atoms with Crippen LogP contribution >= 0.6 is 11.6 Å². The van der Waals surface area contributed by atoms with E-state index in [-0.39, 0.29) is 17.3 Å². The molecule has 1 aromatic heterocycles. The lowest BCUT2D eigenvalue weighted by atomic mass is 10.2. The number of benzene rings is 1. The molecule has 2 rings (SSSR count). The van der Waals surface area contributed by atoms with Gasteiger partial charge in [0.25, 0.3) is 0 Å². The molecule has 0 aliphatic heterocycles. The third kappa shape index (κ3) is 3.57. The number of rotatable bonds is 3. The summed E-state index contributed by atoms with van der Waals surface area (Å²) in [5, 5.41) is 3.00. The van der Waals surface area contributed by atoms with Gasteiger partial charge in [-0.2, -0.15) is 13.2 Å². The minimum Gasteiger partial charge on any atom is -0.377 e. The average Bonchev–Trinajstić information content (AvgIpc) is 2.37. The largest absolute Gasteiger partial charge is 0.416 e. The van der Waals surface area contributed by atoms with Gasteiger partial charge in [0.2, 0.25) is 0 Å². The number of aromatic nitrogens is 2. The molecule has 0 saturated heterocycles. The number of nitrogens with zero attached hydrogens (tertiary/aromatic N) is 2. The van der Waals surface area contributed by atoms with Gasteiger partial charge in [-0.15, -0.1) is 0 Å². The highest BCUT2D eigenvalue weighted by molar-refractivity contribution is 6.33. The molecule has 1 heterocycles.